The third-order valence-corrected chi connectivity index (χ3v) is 4.18. The van der Waals surface area contributed by atoms with Gasteiger partial charge >= 0.3 is 5.97 Å². The van der Waals surface area contributed by atoms with Crippen LogP contribution in [0.1, 0.15) is 28.8 Å². The van der Waals surface area contributed by atoms with Crippen LogP contribution >= 0.6 is 0 Å². The van der Waals surface area contributed by atoms with Crippen molar-refractivity contribution in [2.24, 2.45) is 5.92 Å². The summed E-state index contributed by atoms with van der Waals surface area (Å²) in [6.07, 6.45) is 3.44. The highest BCUT2D eigenvalue weighted by molar-refractivity contribution is 6.14. The average Bonchev–Trinajstić information content (AvgIpc) is 3.42. The minimum absolute atomic E-state index is 0.0151. The van der Waals surface area contributed by atoms with Gasteiger partial charge in [-0.2, -0.15) is 0 Å². The predicted octanol–water partition coefficient (Wildman–Crippen LogP) is 3.63. The van der Waals surface area contributed by atoms with Gasteiger partial charge in [0.15, 0.2) is 5.76 Å². The van der Waals surface area contributed by atoms with E-state index in [9.17, 15) is 9.59 Å². The van der Waals surface area contributed by atoms with Crippen LogP contribution in [0, 0.1) is 5.92 Å². The number of methoxy groups -OCH3 is 1. The number of hydrogen-bond acceptors (Lipinski definition) is 5. The Bertz CT molecular complexity index is 875. The monoisotopic (exact) mass is 336 g/mol. The first-order valence-corrected chi connectivity index (χ1v) is 8.08. The molecule has 0 bridgehead atoms. The van der Waals surface area contributed by atoms with Crippen LogP contribution in [0.3, 0.4) is 0 Å². The number of hydrogen-bond donors (Lipinski definition) is 0. The van der Waals surface area contributed by atoms with Crippen molar-refractivity contribution >= 4 is 17.8 Å². The van der Waals surface area contributed by atoms with E-state index in [0.29, 0.717) is 17.1 Å². The molecule has 0 amide bonds. The lowest BCUT2D eigenvalue weighted by Gasteiger charge is -2.04. The Labute approximate surface area is 144 Å². The van der Waals surface area contributed by atoms with E-state index in [-0.39, 0.29) is 23.4 Å². The van der Waals surface area contributed by atoms with Gasteiger partial charge in [-0.1, -0.05) is 12.1 Å². The van der Waals surface area contributed by atoms with Crippen LogP contribution in [0.15, 0.2) is 48.2 Å². The van der Waals surface area contributed by atoms with Gasteiger partial charge in [-0.25, -0.2) is 0 Å². The molecule has 2 aromatic rings. The van der Waals surface area contributed by atoms with Crippen LogP contribution in [-0.4, -0.2) is 18.9 Å². The number of ether oxygens (including phenoxy) is 3. The van der Waals surface area contributed by atoms with Crippen LogP contribution in [0.5, 0.6) is 17.2 Å². The van der Waals surface area contributed by atoms with Crippen LogP contribution < -0.4 is 14.2 Å². The van der Waals surface area contributed by atoms with E-state index < -0.39 is 0 Å². The molecule has 2 aliphatic rings. The van der Waals surface area contributed by atoms with E-state index in [1.807, 2.05) is 24.3 Å². The molecule has 0 radical (unpaired) electrons. The maximum Gasteiger partial charge on any atom is 0.314 e. The number of ketones is 1. The van der Waals surface area contributed by atoms with Crippen molar-refractivity contribution in [3.8, 4) is 17.2 Å². The zero-order chi connectivity index (χ0) is 17.4. The van der Waals surface area contributed by atoms with Crippen molar-refractivity contribution in [1.29, 1.82) is 0 Å². The van der Waals surface area contributed by atoms with Gasteiger partial charge in [-0.3, -0.25) is 9.59 Å². The zero-order valence-electron chi connectivity index (χ0n) is 13.7. The lowest BCUT2D eigenvalue weighted by molar-refractivity contribution is -0.135. The molecule has 1 heterocycles. The third kappa shape index (κ3) is 3.13. The van der Waals surface area contributed by atoms with E-state index in [0.717, 1.165) is 24.2 Å². The van der Waals surface area contributed by atoms with Gasteiger partial charge in [0.05, 0.1) is 18.6 Å². The molecule has 1 saturated carbocycles. The summed E-state index contributed by atoms with van der Waals surface area (Å²) >= 11 is 0. The Morgan fingerprint density at radius 3 is 2.52 bits per heavy atom. The standard InChI is InChI=1S/C20H16O5/c1-23-14-6-2-12(3-7-14)10-18-19(21)16-9-8-15(11-17(16)25-18)24-20(22)13-4-5-13/h2-3,6-11,13H,4-5H2,1H3. The Morgan fingerprint density at radius 1 is 1.12 bits per heavy atom. The van der Waals surface area contributed by atoms with Gasteiger partial charge in [0.25, 0.3) is 0 Å². The molecule has 0 unspecified atom stereocenters. The van der Waals surface area contributed by atoms with E-state index in [1.165, 1.54) is 0 Å². The fraction of sp³-hybridized carbons (Fsp3) is 0.200. The van der Waals surface area contributed by atoms with Gasteiger partial charge in [-0.15, -0.1) is 0 Å². The number of carbonyl (C=O) groups is 2. The van der Waals surface area contributed by atoms with Crippen LogP contribution in [-0.2, 0) is 4.79 Å². The van der Waals surface area contributed by atoms with Gasteiger partial charge < -0.3 is 14.2 Å². The quantitative estimate of drug-likeness (QED) is 0.485. The summed E-state index contributed by atoms with van der Waals surface area (Å²) in [6.45, 7) is 0. The Hall–Kier alpha value is -3.08. The normalized spacial score (nSPS) is 17.2. The maximum atomic E-state index is 12.5. The second-order valence-electron chi connectivity index (χ2n) is 6.07. The highest BCUT2D eigenvalue weighted by Gasteiger charge is 2.32. The molecule has 0 saturated heterocycles. The molecule has 0 spiro atoms. The van der Waals surface area contributed by atoms with Crippen LogP contribution in [0.25, 0.3) is 6.08 Å². The fourth-order valence-corrected chi connectivity index (χ4v) is 2.60. The third-order valence-electron chi connectivity index (χ3n) is 4.18. The van der Waals surface area contributed by atoms with E-state index in [4.69, 9.17) is 14.2 Å². The second kappa shape index (κ2) is 6.09. The molecule has 1 aliphatic heterocycles. The van der Waals surface area contributed by atoms with Crippen molar-refractivity contribution in [2.75, 3.05) is 7.11 Å². The zero-order valence-corrected chi connectivity index (χ0v) is 13.7. The molecular formula is C20H16O5. The first kappa shape index (κ1) is 15.4. The first-order chi connectivity index (χ1) is 12.1. The topological polar surface area (TPSA) is 61.8 Å². The highest BCUT2D eigenvalue weighted by atomic mass is 16.5. The molecule has 0 atom stereocenters. The van der Waals surface area contributed by atoms with Crippen molar-refractivity contribution in [3.63, 3.8) is 0 Å². The SMILES string of the molecule is COc1ccc(C=C2Oc3cc(OC(=O)C4CC4)ccc3C2=O)cc1. The summed E-state index contributed by atoms with van der Waals surface area (Å²) in [5, 5.41) is 0. The minimum Gasteiger partial charge on any atom is -0.497 e. The molecule has 2 aromatic carbocycles. The van der Waals surface area contributed by atoms with Crippen molar-refractivity contribution < 1.29 is 23.8 Å². The number of benzene rings is 2. The van der Waals surface area contributed by atoms with Crippen LogP contribution in [0.2, 0.25) is 0 Å². The largest absolute Gasteiger partial charge is 0.497 e. The summed E-state index contributed by atoms with van der Waals surface area (Å²) in [7, 11) is 1.60. The summed E-state index contributed by atoms with van der Waals surface area (Å²) in [6, 6.07) is 12.1. The molecule has 5 heteroatoms. The molecular weight excluding hydrogens is 320 g/mol. The summed E-state index contributed by atoms with van der Waals surface area (Å²) in [5.74, 6) is 1.39. The molecule has 4 rings (SSSR count). The lowest BCUT2D eigenvalue weighted by atomic mass is 10.1. The molecule has 5 nitrogen and oxygen atoms in total. The Balaban J connectivity index is 1.55. The number of rotatable bonds is 4. The summed E-state index contributed by atoms with van der Waals surface area (Å²) in [4.78, 5) is 24.2. The molecule has 1 aliphatic carbocycles. The Morgan fingerprint density at radius 2 is 1.84 bits per heavy atom. The predicted molar refractivity (Wildman–Crippen MR) is 90.7 cm³/mol. The molecule has 0 aromatic heterocycles. The van der Waals surface area contributed by atoms with Crippen LogP contribution in [0.4, 0.5) is 0 Å². The number of Topliss-reactive ketones (excluding diaryl/α,β-unsaturated/α-hetero) is 1. The summed E-state index contributed by atoms with van der Waals surface area (Å²) in [5.41, 5.74) is 1.29. The number of fused-ring (bicyclic) bond motifs is 1. The van der Waals surface area contributed by atoms with Gasteiger partial charge in [-0.05, 0) is 48.7 Å². The van der Waals surface area contributed by atoms with Crippen molar-refractivity contribution in [2.45, 2.75) is 12.8 Å². The number of esters is 1. The maximum absolute atomic E-state index is 12.5. The van der Waals surface area contributed by atoms with Gasteiger partial charge in [0.1, 0.15) is 17.2 Å². The Kier molecular flexibility index (Phi) is 3.76. The van der Waals surface area contributed by atoms with Gasteiger partial charge in [0, 0.05) is 6.07 Å². The number of allylic oxidation sites excluding steroid dienone is 1. The smallest absolute Gasteiger partial charge is 0.314 e. The van der Waals surface area contributed by atoms with E-state index in [2.05, 4.69) is 0 Å². The number of carbonyl (C=O) groups excluding carboxylic acids is 2. The lowest BCUT2D eigenvalue weighted by Crippen LogP contribution is -2.09. The average molecular weight is 336 g/mol. The van der Waals surface area contributed by atoms with E-state index in [1.54, 1.807) is 31.4 Å². The molecule has 0 N–H and O–H groups in total. The second-order valence-corrected chi connectivity index (χ2v) is 6.07. The highest BCUT2D eigenvalue weighted by Crippen LogP contribution is 2.36. The van der Waals surface area contributed by atoms with Crippen molar-refractivity contribution in [3.05, 3.63) is 59.4 Å². The fourth-order valence-electron chi connectivity index (χ4n) is 2.60. The minimum atomic E-state index is -0.224. The molecule has 25 heavy (non-hydrogen) atoms. The first-order valence-electron chi connectivity index (χ1n) is 8.08. The molecule has 126 valence electrons. The summed E-state index contributed by atoms with van der Waals surface area (Å²) < 4.78 is 16.1. The van der Waals surface area contributed by atoms with Gasteiger partial charge in [0.2, 0.25) is 5.78 Å². The molecule has 1 fully saturated rings. The van der Waals surface area contributed by atoms with E-state index >= 15 is 0 Å². The van der Waals surface area contributed by atoms with Crippen molar-refractivity contribution in [1.82, 2.24) is 0 Å².